The highest BCUT2D eigenvalue weighted by molar-refractivity contribution is 7.21. The lowest BCUT2D eigenvalue weighted by molar-refractivity contribution is 0.415. The number of fused-ring (bicyclic) bond motifs is 1. The summed E-state index contributed by atoms with van der Waals surface area (Å²) in [5, 5.41) is 8.05. The molecule has 17 heavy (non-hydrogen) atoms. The minimum absolute atomic E-state index is 0.0387. The number of benzene rings is 1. The van der Waals surface area contributed by atoms with Gasteiger partial charge in [0.15, 0.2) is 5.01 Å². The third-order valence-electron chi connectivity index (χ3n) is 2.22. The Labute approximate surface area is 100 Å². The Hall–Kier alpha value is -2.15. The molecule has 0 aliphatic heterocycles. The highest BCUT2D eigenvalue weighted by Crippen LogP contribution is 2.31. The van der Waals surface area contributed by atoms with Crippen molar-refractivity contribution in [2.45, 2.75) is 0 Å². The van der Waals surface area contributed by atoms with Crippen molar-refractivity contribution < 1.29 is 9.15 Å². The van der Waals surface area contributed by atoms with E-state index < -0.39 is 0 Å². The van der Waals surface area contributed by atoms with Crippen LogP contribution in [-0.2, 0) is 0 Å². The summed E-state index contributed by atoms with van der Waals surface area (Å²) in [6, 6.07) is 5.69. The SMILES string of the molecule is COc1ccc2nc(-c3nnc(N)o3)sc2c1. The standard InChI is InChI=1S/C10H8N4O2S/c1-15-5-2-3-6-7(4-5)17-9(12-6)8-13-14-10(11)16-8/h2-4H,1H3,(H2,11,14). The molecule has 2 aromatic heterocycles. The monoisotopic (exact) mass is 248 g/mol. The Balaban J connectivity index is 2.13. The fourth-order valence-corrected chi connectivity index (χ4v) is 2.36. The van der Waals surface area contributed by atoms with Gasteiger partial charge in [0.2, 0.25) is 0 Å². The zero-order valence-corrected chi connectivity index (χ0v) is 9.69. The lowest BCUT2D eigenvalue weighted by Crippen LogP contribution is -1.81. The zero-order chi connectivity index (χ0) is 11.8. The normalized spacial score (nSPS) is 10.9. The Bertz CT molecular complexity index is 676. The molecule has 6 nitrogen and oxygen atoms in total. The maximum absolute atomic E-state index is 5.37. The van der Waals surface area contributed by atoms with E-state index in [1.807, 2.05) is 18.2 Å². The Morgan fingerprint density at radius 1 is 1.35 bits per heavy atom. The van der Waals surface area contributed by atoms with Gasteiger partial charge in [0.05, 0.1) is 17.3 Å². The van der Waals surface area contributed by atoms with Crippen LogP contribution >= 0.6 is 11.3 Å². The van der Waals surface area contributed by atoms with E-state index in [2.05, 4.69) is 15.2 Å². The van der Waals surface area contributed by atoms with Crippen molar-refractivity contribution in [3.63, 3.8) is 0 Å². The number of nitrogen functional groups attached to an aromatic ring is 1. The fraction of sp³-hybridized carbons (Fsp3) is 0.100. The molecule has 3 rings (SSSR count). The van der Waals surface area contributed by atoms with E-state index in [1.54, 1.807) is 7.11 Å². The highest BCUT2D eigenvalue weighted by Gasteiger charge is 2.12. The number of nitrogens with zero attached hydrogens (tertiary/aromatic N) is 3. The average Bonchev–Trinajstić information content (AvgIpc) is 2.93. The molecular formula is C10H8N4O2S. The molecule has 2 heterocycles. The quantitative estimate of drug-likeness (QED) is 0.745. The van der Waals surface area contributed by atoms with E-state index in [4.69, 9.17) is 14.9 Å². The first-order chi connectivity index (χ1) is 8.26. The van der Waals surface area contributed by atoms with E-state index in [1.165, 1.54) is 11.3 Å². The molecule has 0 aliphatic carbocycles. The first-order valence-electron chi connectivity index (χ1n) is 4.80. The second-order valence-electron chi connectivity index (χ2n) is 3.30. The number of anilines is 1. The maximum atomic E-state index is 5.37. The summed E-state index contributed by atoms with van der Waals surface area (Å²) < 4.78 is 11.3. The summed E-state index contributed by atoms with van der Waals surface area (Å²) in [6.45, 7) is 0. The lowest BCUT2D eigenvalue weighted by Gasteiger charge is -1.96. The van der Waals surface area contributed by atoms with E-state index in [0.717, 1.165) is 16.0 Å². The van der Waals surface area contributed by atoms with Gasteiger partial charge < -0.3 is 14.9 Å². The molecule has 0 aliphatic rings. The summed E-state index contributed by atoms with van der Waals surface area (Å²) >= 11 is 1.45. The van der Waals surface area contributed by atoms with Gasteiger partial charge >= 0.3 is 6.01 Å². The maximum Gasteiger partial charge on any atom is 0.313 e. The molecule has 0 saturated heterocycles. The second-order valence-corrected chi connectivity index (χ2v) is 4.33. The summed E-state index contributed by atoms with van der Waals surface area (Å²) in [7, 11) is 1.63. The number of aromatic nitrogens is 3. The summed E-state index contributed by atoms with van der Waals surface area (Å²) in [5.74, 6) is 1.13. The molecule has 2 N–H and O–H groups in total. The van der Waals surface area contributed by atoms with E-state index in [9.17, 15) is 0 Å². The van der Waals surface area contributed by atoms with Crippen LogP contribution in [0.2, 0.25) is 0 Å². The van der Waals surface area contributed by atoms with Gasteiger partial charge in [-0.05, 0) is 18.2 Å². The minimum atomic E-state index is 0.0387. The van der Waals surface area contributed by atoms with E-state index in [-0.39, 0.29) is 6.01 Å². The molecule has 7 heteroatoms. The van der Waals surface area contributed by atoms with Crippen molar-refractivity contribution in [1.29, 1.82) is 0 Å². The Morgan fingerprint density at radius 2 is 2.24 bits per heavy atom. The predicted octanol–water partition coefficient (Wildman–Crippen LogP) is 1.94. The number of hydrogen-bond donors (Lipinski definition) is 1. The largest absolute Gasteiger partial charge is 0.497 e. The summed E-state index contributed by atoms with van der Waals surface area (Å²) in [6.07, 6.45) is 0. The van der Waals surface area contributed by atoms with Crippen molar-refractivity contribution in [3.05, 3.63) is 18.2 Å². The third-order valence-corrected chi connectivity index (χ3v) is 3.23. The minimum Gasteiger partial charge on any atom is -0.497 e. The molecule has 3 aromatic rings. The average molecular weight is 248 g/mol. The van der Waals surface area contributed by atoms with Crippen LogP contribution in [0.5, 0.6) is 5.75 Å². The van der Waals surface area contributed by atoms with Crippen molar-refractivity contribution in [1.82, 2.24) is 15.2 Å². The van der Waals surface area contributed by atoms with Crippen molar-refractivity contribution >= 4 is 27.6 Å². The molecule has 1 aromatic carbocycles. The fourth-order valence-electron chi connectivity index (χ4n) is 1.44. The smallest absolute Gasteiger partial charge is 0.313 e. The van der Waals surface area contributed by atoms with Gasteiger partial charge in [0.1, 0.15) is 5.75 Å². The molecule has 86 valence electrons. The predicted molar refractivity (Wildman–Crippen MR) is 63.9 cm³/mol. The van der Waals surface area contributed by atoms with Gasteiger partial charge in [-0.15, -0.1) is 16.4 Å². The van der Waals surface area contributed by atoms with Crippen LogP contribution in [0.3, 0.4) is 0 Å². The molecule has 0 bridgehead atoms. The zero-order valence-electron chi connectivity index (χ0n) is 8.88. The topological polar surface area (TPSA) is 87.1 Å². The first kappa shape index (κ1) is 10.0. The van der Waals surface area contributed by atoms with Crippen LogP contribution in [0.4, 0.5) is 6.01 Å². The van der Waals surface area contributed by atoms with Crippen molar-refractivity contribution in [2.24, 2.45) is 0 Å². The van der Waals surface area contributed by atoms with Crippen LogP contribution < -0.4 is 10.5 Å². The van der Waals surface area contributed by atoms with Crippen LogP contribution in [0, 0.1) is 0 Å². The number of methoxy groups -OCH3 is 1. The molecule has 0 saturated carbocycles. The van der Waals surface area contributed by atoms with Crippen LogP contribution in [0.25, 0.3) is 21.1 Å². The highest BCUT2D eigenvalue weighted by atomic mass is 32.1. The van der Waals surface area contributed by atoms with Crippen molar-refractivity contribution in [2.75, 3.05) is 12.8 Å². The molecule has 0 amide bonds. The summed E-state index contributed by atoms with van der Waals surface area (Å²) in [5.41, 5.74) is 6.24. The van der Waals surface area contributed by atoms with Gasteiger partial charge in [-0.1, -0.05) is 5.10 Å². The summed E-state index contributed by atoms with van der Waals surface area (Å²) in [4.78, 5) is 4.38. The van der Waals surface area contributed by atoms with Gasteiger partial charge in [-0.2, -0.15) is 0 Å². The number of thiazole rings is 1. The van der Waals surface area contributed by atoms with E-state index in [0.29, 0.717) is 10.9 Å². The second kappa shape index (κ2) is 3.70. The molecule has 0 fully saturated rings. The number of rotatable bonds is 2. The lowest BCUT2D eigenvalue weighted by atomic mass is 10.3. The van der Waals surface area contributed by atoms with Crippen LogP contribution in [-0.4, -0.2) is 22.3 Å². The number of ether oxygens (including phenoxy) is 1. The molecule has 0 unspecified atom stereocenters. The molecule has 0 radical (unpaired) electrons. The van der Waals surface area contributed by atoms with Crippen LogP contribution in [0.1, 0.15) is 0 Å². The first-order valence-corrected chi connectivity index (χ1v) is 5.62. The Morgan fingerprint density at radius 3 is 2.94 bits per heavy atom. The third kappa shape index (κ3) is 1.70. The van der Waals surface area contributed by atoms with E-state index >= 15 is 0 Å². The molecule has 0 atom stereocenters. The molecular weight excluding hydrogens is 240 g/mol. The van der Waals surface area contributed by atoms with Gasteiger partial charge in [0, 0.05) is 0 Å². The van der Waals surface area contributed by atoms with Crippen molar-refractivity contribution in [3.8, 4) is 16.6 Å². The molecule has 0 spiro atoms. The number of hydrogen-bond acceptors (Lipinski definition) is 7. The van der Waals surface area contributed by atoms with Crippen LogP contribution in [0.15, 0.2) is 22.6 Å². The number of nitrogens with two attached hydrogens (primary N) is 1. The Kier molecular flexibility index (Phi) is 2.19. The van der Waals surface area contributed by atoms with Gasteiger partial charge in [-0.3, -0.25) is 0 Å². The van der Waals surface area contributed by atoms with Gasteiger partial charge in [0.25, 0.3) is 5.89 Å². The van der Waals surface area contributed by atoms with Gasteiger partial charge in [-0.25, -0.2) is 4.98 Å².